The van der Waals surface area contributed by atoms with Crippen LogP contribution in [0.3, 0.4) is 0 Å². The number of nitrogens with one attached hydrogen (secondary N) is 2. The van der Waals surface area contributed by atoms with E-state index in [2.05, 4.69) is 90.0 Å². The average molecular weight is 1030 g/mol. The molecule has 10 N–H and O–H groups in total. The quantitative estimate of drug-likeness (QED) is 0.0292. The molecule has 1 aliphatic rings. The standard InChI is InChI=1S/C39H62N7O17P3S/c1-4-5-6-7-8-9-10-11-12-13-14-15-16-17-18-19-30(48)67-23-22-41-29(47)20-21-42-37(51)34(50)39(2,3)25-60-66(57,58)63-65(55,56)59-24-28-33(62-64(52,53)54)32(49)38(61-28)46-27-45-31-35(40)43-26-44-36(31)46/h5-6,8-9,11-12,14-15,26-28,32-34,38,49-50H,4,7,10,13,16-25H2,1-3H3,(H,41,47)(H,42,51)(H,55,56)(H,57,58)(H2,40,43,44)(H2,52,53,54)/b6-5-,9-8-,12-11-,15-14-/t28-,32-,33-,34+,38-/m1/s1. The Labute approximate surface area is 392 Å². The summed E-state index contributed by atoms with van der Waals surface area (Å²) in [6.07, 6.45) is 16.9. The molecular weight excluding hydrogens is 963 g/mol. The molecule has 0 bridgehead atoms. The van der Waals surface area contributed by atoms with E-state index >= 15 is 0 Å². The summed E-state index contributed by atoms with van der Waals surface area (Å²) in [7, 11) is -16.4. The fraction of sp³-hybridized carbons (Fsp3) is 0.590. The van der Waals surface area contributed by atoms with Gasteiger partial charge < -0.3 is 50.9 Å². The number of thioether (sulfide) groups is 1. The molecule has 24 nitrogen and oxygen atoms in total. The number of aliphatic hydroxyl groups excluding tert-OH is 2. The molecule has 0 aliphatic carbocycles. The van der Waals surface area contributed by atoms with Gasteiger partial charge in [-0.05, 0) is 44.9 Å². The predicted molar refractivity (Wildman–Crippen MR) is 246 cm³/mol. The van der Waals surface area contributed by atoms with Crippen LogP contribution in [0.2, 0.25) is 0 Å². The number of aromatic nitrogens is 4. The van der Waals surface area contributed by atoms with Crippen LogP contribution in [0.1, 0.15) is 84.8 Å². The minimum Gasteiger partial charge on any atom is -0.386 e. The number of hydrogen-bond acceptors (Lipinski definition) is 18. The van der Waals surface area contributed by atoms with Gasteiger partial charge in [0.05, 0.1) is 19.5 Å². The van der Waals surface area contributed by atoms with E-state index in [1.807, 2.05) is 0 Å². The first-order valence-electron chi connectivity index (χ1n) is 21.2. The second kappa shape index (κ2) is 28.3. The maximum absolute atomic E-state index is 12.7. The van der Waals surface area contributed by atoms with Gasteiger partial charge in [0.1, 0.15) is 36.3 Å². The molecule has 2 amide bonds. The third kappa shape index (κ3) is 21.4. The van der Waals surface area contributed by atoms with Gasteiger partial charge in [-0.3, -0.25) is 32.5 Å². The van der Waals surface area contributed by atoms with Gasteiger partial charge in [-0.1, -0.05) is 81.1 Å². The van der Waals surface area contributed by atoms with E-state index in [-0.39, 0.29) is 41.6 Å². The number of allylic oxidation sites excluding steroid dienone is 8. The van der Waals surface area contributed by atoms with Crippen molar-refractivity contribution in [1.29, 1.82) is 0 Å². The first kappa shape index (κ1) is 57.8. The number of nitrogens with zero attached hydrogens (tertiary/aromatic N) is 4. The van der Waals surface area contributed by atoms with Gasteiger partial charge >= 0.3 is 23.5 Å². The van der Waals surface area contributed by atoms with E-state index in [0.29, 0.717) is 12.2 Å². The van der Waals surface area contributed by atoms with Crippen molar-refractivity contribution in [2.75, 3.05) is 37.8 Å². The fourth-order valence-corrected chi connectivity index (χ4v) is 9.55. The molecule has 2 unspecified atom stereocenters. The van der Waals surface area contributed by atoms with Crippen molar-refractivity contribution in [3.8, 4) is 0 Å². The Morgan fingerprint density at radius 3 is 2.21 bits per heavy atom. The van der Waals surface area contributed by atoms with Crippen molar-refractivity contribution in [2.45, 2.75) is 109 Å². The highest BCUT2D eigenvalue weighted by Gasteiger charge is 2.50. The molecule has 0 aromatic carbocycles. The summed E-state index contributed by atoms with van der Waals surface area (Å²) in [4.78, 5) is 88.3. The highest BCUT2D eigenvalue weighted by molar-refractivity contribution is 8.13. The van der Waals surface area contributed by atoms with Crippen LogP contribution >= 0.6 is 35.2 Å². The van der Waals surface area contributed by atoms with Crippen LogP contribution in [0.4, 0.5) is 5.82 Å². The minimum atomic E-state index is -5.58. The van der Waals surface area contributed by atoms with Gasteiger partial charge in [-0.25, -0.2) is 28.6 Å². The van der Waals surface area contributed by atoms with Crippen molar-refractivity contribution >= 4 is 69.1 Å². The van der Waals surface area contributed by atoms with Crippen LogP contribution in [0, 0.1) is 5.41 Å². The maximum atomic E-state index is 12.7. The van der Waals surface area contributed by atoms with Gasteiger partial charge in [-0.15, -0.1) is 0 Å². The van der Waals surface area contributed by atoms with E-state index in [1.54, 1.807) is 0 Å². The largest absolute Gasteiger partial charge is 0.481 e. The Balaban J connectivity index is 1.32. The highest BCUT2D eigenvalue weighted by atomic mass is 32.2. The number of nitrogen functional groups attached to an aromatic ring is 1. The highest BCUT2D eigenvalue weighted by Crippen LogP contribution is 2.61. The van der Waals surface area contributed by atoms with Crippen LogP contribution in [-0.2, 0) is 50.7 Å². The summed E-state index contributed by atoms with van der Waals surface area (Å²) in [6.45, 7) is 2.63. The zero-order valence-electron chi connectivity index (χ0n) is 37.3. The van der Waals surface area contributed by atoms with Crippen molar-refractivity contribution in [3.63, 3.8) is 0 Å². The van der Waals surface area contributed by atoms with E-state index in [1.165, 1.54) is 13.8 Å². The van der Waals surface area contributed by atoms with Crippen molar-refractivity contribution in [3.05, 3.63) is 61.3 Å². The van der Waals surface area contributed by atoms with E-state index in [0.717, 1.165) is 73.9 Å². The lowest BCUT2D eigenvalue weighted by Gasteiger charge is -2.30. The number of fused-ring (bicyclic) bond motifs is 1. The third-order valence-electron chi connectivity index (χ3n) is 9.49. The summed E-state index contributed by atoms with van der Waals surface area (Å²) in [5.41, 5.74) is 4.27. The van der Waals surface area contributed by atoms with Crippen LogP contribution in [0.25, 0.3) is 11.2 Å². The molecule has 1 saturated heterocycles. The Morgan fingerprint density at radius 2 is 1.55 bits per heavy atom. The topological polar surface area (TPSA) is 364 Å². The first-order chi connectivity index (χ1) is 31.6. The molecule has 3 rings (SSSR count). The molecule has 1 fully saturated rings. The number of carbonyl (C=O) groups is 3. The number of imidazole rings is 1. The second-order valence-electron chi connectivity index (χ2n) is 15.5. The summed E-state index contributed by atoms with van der Waals surface area (Å²) >= 11 is 1.12. The van der Waals surface area contributed by atoms with E-state index in [9.17, 15) is 57.9 Å². The normalized spacial score (nSPS) is 20.6. The molecule has 1 aliphatic heterocycles. The number of carbonyl (C=O) groups excluding carboxylic acids is 3. The van der Waals surface area contributed by atoms with E-state index in [4.69, 9.17) is 19.5 Å². The van der Waals surface area contributed by atoms with Gasteiger partial charge in [-0.2, -0.15) is 4.31 Å². The Hall–Kier alpha value is -3.48. The zero-order chi connectivity index (χ0) is 49.7. The summed E-state index contributed by atoms with van der Waals surface area (Å²) in [6, 6.07) is 0. The average Bonchev–Trinajstić information content (AvgIpc) is 3.81. The molecule has 2 aromatic heterocycles. The second-order valence-corrected chi connectivity index (χ2v) is 20.9. The number of anilines is 1. The third-order valence-corrected chi connectivity index (χ3v) is 13.5. The van der Waals surface area contributed by atoms with Crippen LogP contribution in [-0.4, -0.2) is 123 Å². The van der Waals surface area contributed by atoms with Crippen LogP contribution in [0.15, 0.2) is 61.3 Å². The Kier molecular flexibility index (Phi) is 24.4. The lowest BCUT2D eigenvalue weighted by Crippen LogP contribution is -2.46. The summed E-state index contributed by atoms with van der Waals surface area (Å²) in [5.74, 6) is -1.08. The number of amides is 2. The van der Waals surface area contributed by atoms with Crippen molar-refractivity contribution in [1.82, 2.24) is 30.2 Å². The molecule has 376 valence electrons. The molecule has 0 radical (unpaired) electrons. The van der Waals surface area contributed by atoms with Crippen molar-refractivity contribution < 1.29 is 80.5 Å². The van der Waals surface area contributed by atoms with Gasteiger partial charge in [0, 0.05) is 37.1 Å². The fourth-order valence-electron chi connectivity index (χ4n) is 6.00. The molecular formula is C39H62N7O17P3S. The Morgan fingerprint density at radius 1 is 0.910 bits per heavy atom. The van der Waals surface area contributed by atoms with Gasteiger partial charge in [0.15, 0.2) is 22.8 Å². The number of phosphoric acid groups is 3. The maximum Gasteiger partial charge on any atom is 0.481 e. The molecule has 2 aromatic rings. The molecule has 67 heavy (non-hydrogen) atoms. The van der Waals surface area contributed by atoms with E-state index < -0.39 is 84.6 Å². The monoisotopic (exact) mass is 1030 g/mol. The van der Waals surface area contributed by atoms with Crippen LogP contribution < -0.4 is 16.4 Å². The summed E-state index contributed by atoms with van der Waals surface area (Å²) in [5, 5.41) is 26.6. The smallest absolute Gasteiger partial charge is 0.386 e. The number of phosphoric ester groups is 3. The first-order valence-corrected chi connectivity index (χ1v) is 26.7. The number of hydrogen-bond donors (Lipinski definition) is 9. The van der Waals surface area contributed by atoms with Gasteiger partial charge in [0.25, 0.3) is 0 Å². The molecule has 28 heteroatoms. The zero-order valence-corrected chi connectivity index (χ0v) is 40.8. The number of ether oxygens (including phenoxy) is 1. The molecule has 0 saturated carbocycles. The number of rotatable bonds is 31. The lowest BCUT2D eigenvalue weighted by molar-refractivity contribution is -0.137. The predicted octanol–water partition coefficient (Wildman–Crippen LogP) is 4.03. The molecule has 7 atom stereocenters. The number of nitrogens with two attached hydrogens (primary N) is 1. The Bertz CT molecular complexity index is 2190. The van der Waals surface area contributed by atoms with Crippen LogP contribution in [0.5, 0.6) is 0 Å². The number of aliphatic hydroxyl groups is 2. The SMILES string of the molecule is CC/C=C\C/C=C\C/C=C\C/C=C\CCCCC(=O)SCCNC(=O)CCNC(=O)[C@H](O)C(C)(C)COP(=O)(O)OP(=O)(O)OC[C@H]1O[C@@H](n2cnc3c(N)ncnc32)[C@H](O)[C@@H]1OP(=O)(O)O. The minimum absolute atomic E-state index is 0.0244. The summed E-state index contributed by atoms with van der Waals surface area (Å²) < 4.78 is 62.4. The molecule has 0 spiro atoms. The van der Waals surface area contributed by atoms with Gasteiger partial charge in [0.2, 0.25) is 11.8 Å². The van der Waals surface area contributed by atoms with Crippen molar-refractivity contribution in [2.24, 2.45) is 5.41 Å². The number of unbranched alkanes of at least 4 members (excludes halogenated alkanes) is 2. The lowest BCUT2D eigenvalue weighted by atomic mass is 9.87. The molecule has 3 heterocycles.